The zero-order valence-corrected chi connectivity index (χ0v) is 10.8. The number of halogens is 4. The molecule has 0 amide bonds. The van der Waals surface area contributed by atoms with Crippen LogP contribution in [0.3, 0.4) is 0 Å². The van der Waals surface area contributed by atoms with Crippen LogP contribution in [-0.2, 0) is 12.7 Å². The van der Waals surface area contributed by atoms with Crippen molar-refractivity contribution < 1.29 is 22.1 Å². The first kappa shape index (κ1) is 14.2. The van der Waals surface area contributed by atoms with Gasteiger partial charge in [0.25, 0.3) is 0 Å². The third kappa shape index (κ3) is 2.80. The smallest absolute Gasteiger partial charge is 0.329 e. The normalized spacial score (nSPS) is 11.8. The third-order valence-electron chi connectivity index (χ3n) is 2.78. The molecular weight excluding hydrogens is 306 g/mol. The van der Waals surface area contributed by atoms with Crippen LogP contribution in [0.15, 0.2) is 35.4 Å². The van der Waals surface area contributed by atoms with E-state index in [2.05, 4.69) is 24.7 Å². The number of hydrogen-bond acceptors (Lipinski definition) is 5. The topological polar surface area (TPSA) is 69.6 Å². The molecule has 22 heavy (non-hydrogen) atoms. The number of hydrogen-bond donors (Lipinski definition) is 0. The van der Waals surface area contributed by atoms with Gasteiger partial charge in [0, 0.05) is 11.1 Å². The molecule has 0 saturated carbocycles. The average Bonchev–Trinajstić information content (AvgIpc) is 3.11. The molecule has 0 radical (unpaired) electrons. The SMILES string of the molecule is Fc1cc(-c2noc(C(F)(F)F)n2)ccc1Cn1cncn1. The molecule has 0 N–H and O–H groups in total. The highest BCUT2D eigenvalue weighted by atomic mass is 19.4. The van der Waals surface area contributed by atoms with Crippen molar-refractivity contribution in [3.05, 3.63) is 48.1 Å². The van der Waals surface area contributed by atoms with Gasteiger partial charge in [0.1, 0.15) is 18.5 Å². The Labute approximate surface area is 120 Å². The van der Waals surface area contributed by atoms with Crippen LogP contribution in [0.4, 0.5) is 17.6 Å². The lowest BCUT2D eigenvalue weighted by atomic mass is 10.1. The van der Waals surface area contributed by atoms with Crippen LogP contribution < -0.4 is 0 Å². The van der Waals surface area contributed by atoms with E-state index in [4.69, 9.17) is 0 Å². The summed E-state index contributed by atoms with van der Waals surface area (Å²) in [7, 11) is 0. The highest BCUT2D eigenvalue weighted by molar-refractivity contribution is 5.55. The van der Waals surface area contributed by atoms with Crippen LogP contribution in [0.25, 0.3) is 11.4 Å². The Morgan fingerprint density at radius 1 is 1.23 bits per heavy atom. The molecule has 0 atom stereocenters. The number of alkyl halides is 3. The Bertz CT molecular complexity index is 781. The largest absolute Gasteiger partial charge is 0.471 e. The Kier molecular flexibility index (Phi) is 3.35. The Morgan fingerprint density at radius 3 is 2.64 bits per heavy atom. The zero-order valence-electron chi connectivity index (χ0n) is 10.8. The highest BCUT2D eigenvalue weighted by Crippen LogP contribution is 2.29. The van der Waals surface area contributed by atoms with Gasteiger partial charge in [-0.3, -0.25) is 0 Å². The summed E-state index contributed by atoms with van der Waals surface area (Å²) in [6, 6.07) is 3.85. The molecule has 0 aliphatic rings. The van der Waals surface area contributed by atoms with Crippen molar-refractivity contribution >= 4 is 0 Å². The van der Waals surface area contributed by atoms with Gasteiger partial charge >= 0.3 is 12.1 Å². The van der Waals surface area contributed by atoms with E-state index < -0.39 is 17.9 Å². The molecule has 0 fully saturated rings. The van der Waals surface area contributed by atoms with Crippen LogP contribution in [0.2, 0.25) is 0 Å². The van der Waals surface area contributed by atoms with E-state index in [9.17, 15) is 17.6 Å². The number of nitrogens with zero attached hydrogens (tertiary/aromatic N) is 5. The molecule has 3 aromatic rings. The van der Waals surface area contributed by atoms with Crippen molar-refractivity contribution in [2.45, 2.75) is 12.7 Å². The molecule has 6 nitrogen and oxygen atoms in total. The number of rotatable bonds is 3. The first-order valence-electron chi connectivity index (χ1n) is 5.95. The van der Waals surface area contributed by atoms with Gasteiger partial charge in [0.15, 0.2) is 0 Å². The van der Waals surface area contributed by atoms with Crippen molar-refractivity contribution in [1.82, 2.24) is 24.9 Å². The van der Waals surface area contributed by atoms with Gasteiger partial charge in [0.05, 0.1) is 6.54 Å². The zero-order chi connectivity index (χ0) is 15.7. The Balaban J connectivity index is 1.87. The maximum absolute atomic E-state index is 14.0. The standard InChI is InChI=1S/C12H7F4N5O/c13-9-3-7(10-19-11(22-20-10)12(14,15)16)1-2-8(9)4-21-6-17-5-18-21/h1-3,5-6H,4H2. The monoisotopic (exact) mass is 313 g/mol. The average molecular weight is 313 g/mol. The minimum Gasteiger partial charge on any atom is -0.329 e. The summed E-state index contributed by atoms with van der Waals surface area (Å²) in [5.41, 5.74) is 0.382. The first-order chi connectivity index (χ1) is 10.4. The van der Waals surface area contributed by atoms with E-state index in [0.717, 1.165) is 6.07 Å². The molecule has 0 spiro atoms. The summed E-state index contributed by atoms with van der Waals surface area (Å²) in [6.07, 6.45) is -2.01. The summed E-state index contributed by atoms with van der Waals surface area (Å²) in [4.78, 5) is 6.93. The Morgan fingerprint density at radius 2 is 2.05 bits per heavy atom. The second-order valence-electron chi connectivity index (χ2n) is 4.32. The molecule has 1 aromatic carbocycles. The van der Waals surface area contributed by atoms with E-state index >= 15 is 0 Å². The molecule has 0 aliphatic heterocycles. The molecule has 3 rings (SSSR count). The molecule has 114 valence electrons. The van der Waals surface area contributed by atoms with Gasteiger partial charge in [-0.15, -0.1) is 0 Å². The van der Waals surface area contributed by atoms with Gasteiger partial charge in [-0.05, 0) is 6.07 Å². The van der Waals surface area contributed by atoms with Crippen LogP contribution >= 0.6 is 0 Å². The second kappa shape index (κ2) is 5.20. The van der Waals surface area contributed by atoms with Crippen molar-refractivity contribution in [3.8, 4) is 11.4 Å². The van der Waals surface area contributed by atoms with Crippen molar-refractivity contribution in [1.29, 1.82) is 0 Å². The lowest BCUT2D eigenvalue weighted by Crippen LogP contribution is -2.05. The lowest BCUT2D eigenvalue weighted by Gasteiger charge is -2.04. The fraction of sp³-hybridized carbons (Fsp3) is 0.167. The van der Waals surface area contributed by atoms with Crippen molar-refractivity contribution in [2.24, 2.45) is 0 Å². The summed E-state index contributed by atoms with van der Waals surface area (Å²) in [5, 5.41) is 7.04. The van der Waals surface area contributed by atoms with Crippen LogP contribution in [0.1, 0.15) is 11.5 Å². The molecule has 0 bridgehead atoms. The van der Waals surface area contributed by atoms with Crippen molar-refractivity contribution in [2.75, 3.05) is 0 Å². The number of benzene rings is 1. The molecule has 2 aromatic heterocycles. The highest BCUT2D eigenvalue weighted by Gasteiger charge is 2.38. The van der Waals surface area contributed by atoms with Gasteiger partial charge in [0.2, 0.25) is 5.82 Å². The van der Waals surface area contributed by atoms with Gasteiger partial charge in [-0.1, -0.05) is 17.3 Å². The van der Waals surface area contributed by atoms with E-state index in [1.54, 1.807) is 0 Å². The van der Waals surface area contributed by atoms with Gasteiger partial charge < -0.3 is 4.52 Å². The minimum atomic E-state index is -4.74. The molecular formula is C12H7F4N5O. The summed E-state index contributed by atoms with van der Waals surface area (Å²) in [5.74, 6) is -2.43. The van der Waals surface area contributed by atoms with E-state index in [1.807, 2.05) is 0 Å². The predicted octanol–water partition coefficient (Wildman–Crippen LogP) is 2.53. The maximum Gasteiger partial charge on any atom is 0.471 e. The predicted molar refractivity (Wildman–Crippen MR) is 63.8 cm³/mol. The minimum absolute atomic E-state index is 0.0825. The quantitative estimate of drug-likeness (QED) is 0.695. The fourth-order valence-corrected chi connectivity index (χ4v) is 1.76. The third-order valence-corrected chi connectivity index (χ3v) is 2.78. The second-order valence-corrected chi connectivity index (χ2v) is 4.32. The van der Waals surface area contributed by atoms with Crippen LogP contribution in [0.5, 0.6) is 0 Å². The van der Waals surface area contributed by atoms with Crippen molar-refractivity contribution in [3.63, 3.8) is 0 Å². The lowest BCUT2D eigenvalue weighted by molar-refractivity contribution is -0.159. The summed E-state index contributed by atoms with van der Waals surface area (Å²) >= 11 is 0. The van der Waals surface area contributed by atoms with Crippen LogP contribution in [0, 0.1) is 5.82 Å². The molecule has 0 saturated heterocycles. The van der Waals surface area contributed by atoms with Crippen LogP contribution in [-0.4, -0.2) is 24.9 Å². The summed E-state index contributed by atoms with van der Waals surface area (Å²) < 4.78 is 56.7. The number of aromatic nitrogens is 5. The van der Waals surface area contributed by atoms with Gasteiger partial charge in [-0.25, -0.2) is 14.1 Å². The van der Waals surface area contributed by atoms with E-state index in [0.29, 0.717) is 5.56 Å². The fourth-order valence-electron chi connectivity index (χ4n) is 1.76. The Hall–Kier alpha value is -2.78. The first-order valence-corrected chi connectivity index (χ1v) is 5.95. The molecule has 2 heterocycles. The van der Waals surface area contributed by atoms with Gasteiger partial charge in [-0.2, -0.15) is 23.3 Å². The molecule has 0 unspecified atom stereocenters. The maximum atomic E-state index is 14.0. The van der Waals surface area contributed by atoms with E-state index in [-0.39, 0.29) is 17.9 Å². The van der Waals surface area contributed by atoms with E-state index in [1.165, 1.54) is 29.5 Å². The molecule has 10 heteroatoms. The molecule has 0 aliphatic carbocycles. The summed E-state index contributed by atoms with van der Waals surface area (Å²) in [6.45, 7) is 0.145.